The van der Waals surface area contributed by atoms with Crippen molar-refractivity contribution in [2.24, 2.45) is 0 Å². The first-order valence-electron chi connectivity index (χ1n) is 6.01. The Morgan fingerprint density at radius 3 is 2.63 bits per heavy atom. The molecule has 1 aromatic rings. The summed E-state index contributed by atoms with van der Waals surface area (Å²) in [5.74, 6) is -0.471. The Hall–Kier alpha value is -2.35. The molecule has 0 atom stereocenters. The number of anilines is 1. The van der Waals surface area contributed by atoms with Crippen molar-refractivity contribution in [1.82, 2.24) is 5.32 Å². The number of nitrogens with zero attached hydrogens (tertiary/aromatic N) is 2. The maximum atomic E-state index is 11.7. The number of amides is 2. The molecule has 0 heterocycles. The Bertz CT molecular complexity index is 518. The van der Waals surface area contributed by atoms with E-state index in [9.17, 15) is 9.59 Å². The summed E-state index contributed by atoms with van der Waals surface area (Å²) in [6.45, 7) is 5.04. The minimum Gasteiger partial charge on any atom is -0.352 e. The average Bonchev–Trinajstić information content (AvgIpc) is 2.34. The van der Waals surface area contributed by atoms with Gasteiger partial charge >= 0.3 is 0 Å². The maximum absolute atomic E-state index is 11.7. The molecule has 1 rings (SSSR count). The molecule has 19 heavy (non-hydrogen) atoms. The first-order valence-corrected chi connectivity index (χ1v) is 6.01. The number of nitrogens with one attached hydrogen (secondary N) is 1. The van der Waals surface area contributed by atoms with Crippen LogP contribution in [0.2, 0.25) is 0 Å². The average molecular weight is 259 g/mol. The van der Waals surface area contributed by atoms with Crippen LogP contribution in [0.25, 0.3) is 0 Å². The number of hydrogen-bond acceptors (Lipinski definition) is 3. The molecule has 0 fully saturated rings. The largest absolute Gasteiger partial charge is 0.352 e. The number of rotatable bonds is 4. The highest BCUT2D eigenvalue weighted by Crippen LogP contribution is 2.15. The fourth-order valence-electron chi connectivity index (χ4n) is 1.64. The molecule has 0 spiro atoms. The zero-order valence-electron chi connectivity index (χ0n) is 11.3. The fourth-order valence-corrected chi connectivity index (χ4v) is 1.64. The summed E-state index contributed by atoms with van der Waals surface area (Å²) in [6, 6.07) is 8.65. The summed E-state index contributed by atoms with van der Waals surface area (Å²) in [7, 11) is 0. The monoisotopic (exact) mass is 259 g/mol. The summed E-state index contributed by atoms with van der Waals surface area (Å²) in [6.07, 6.45) is 0. The molecule has 2 amide bonds. The van der Waals surface area contributed by atoms with Gasteiger partial charge in [0, 0.05) is 18.7 Å². The third-order valence-electron chi connectivity index (χ3n) is 2.42. The van der Waals surface area contributed by atoms with E-state index >= 15 is 0 Å². The van der Waals surface area contributed by atoms with E-state index in [0.29, 0.717) is 11.3 Å². The summed E-state index contributed by atoms with van der Waals surface area (Å²) >= 11 is 0. The van der Waals surface area contributed by atoms with Crippen molar-refractivity contribution < 1.29 is 9.59 Å². The molecule has 0 aliphatic carbocycles. The molecule has 0 radical (unpaired) electrons. The summed E-state index contributed by atoms with van der Waals surface area (Å²) in [5, 5.41) is 11.6. The van der Waals surface area contributed by atoms with Gasteiger partial charge in [0.2, 0.25) is 11.8 Å². The Morgan fingerprint density at radius 1 is 1.42 bits per heavy atom. The molecule has 5 nitrogen and oxygen atoms in total. The van der Waals surface area contributed by atoms with Crippen molar-refractivity contribution in [1.29, 1.82) is 5.26 Å². The number of carbonyl (C=O) groups is 2. The third-order valence-corrected chi connectivity index (χ3v) is 2.42. The topological polar surface area (TPSA) is 73.2 Å². The molecular formula is C14H17N3O2. The van der Waals surface area contributed by atoms with E-state index in [1.165, 1.54) is 11.8 Å². The van der Waals surface area contributed by atoms with Gasteiger partial charge in [-0.05, 0) is 32.0 Å². The Kier molecular flexibility index (Phi) is 5.07. The van der Waals surface area contributed by atoms with Gasteiger partial charge in [-0.25, -0.2) is 0 Å². The minimum atomic E-state index is -0.242. The van der Waals surface area contributed by atoms with Gasteiger partial charge in [0.1, 0.15) is 6.54 Å². The first-order chi connectivity index (χ1) is 8.93. The lowest BCUT2D eigenvalue weighted by Gasteiger charge is -2.21. The van der Waals surface area contributed by atoms with Crippen LogP contribution in [0.15, 0.2) is 24.3 Å². The normalized spacial score (nSPS) is 9.84. The van der Waals surface area contributed by atoms with E-state index in [1.54, 1.807) is 24.3 Å². The van der Waals surface area contributed by atoms with Crippen molar-refractivity contribution in [2.45, 2.75) is 26.8 Å². The molecule has 0 unspecified atom stereocenters. The summed E-state index contributed by atoms with van der Waals surface area (Å²) in [5.41, 5.74) is 0.999. The first kappa shape index (κ1) is 14.7. The smallest absolute Gasteiger partial charge is 0.240 e. The molecule has 0 saturated heterocycles. The molecule has 0 saturated carbocycles. The number of nitriles is 1. The van der Waals surface area contributed by atoms with Gasteiger partial charge in [-0.2, -0.15) is 5.26 Å². The van der Waals surface area contributed by atoms with Crippen LogP contribution in [0.1, 0.15) is 26.3 Å². The van der Waals surface area contributed by atoms with Gasteiger partial charge in [0.05, 0.1) is 11.6 Å². The Labute approximate surface area is 112 Å². The van der Waals surface area contributed by atoms with Gasteiger partial charge in [0.15, 0.2) is 0 Å². The quantitative estimate of drug-likeness (QED) is 0.889. The van der Waals surface area contributed by atoms with Crippen molar-refractivity contribution in [3.05, 3.63) is 29.8 Å². The van der Waals surface area contributed by atoms with Crippen LogP contribution in [0.3, 0.4) is 0 Å². The standard InChI is InChI=1S/C14H17N3O2/c1-10(2)16-14(19)9-17(11(3)18)13-6-4-5-12(7-13)8-15/h4-7,10H,9H2,1-3H3,(H,16,19). The molecular weight excluding hydrogens is 242 g/mol. The zero-order chi connectivity index (χ0) is 14.4. The zero-order valence-corrected chi connectivity index (χ0v) is 11.3. The van der Waals surface area contributed by atoms with Crippen molar-refractivity contribution in [3.8, 4) is 6.07 Å². The van der Waals surface area contributed by atoms with Crippen LogP contribution in [-0.4, -0.2) is 24.4 Å². The van der Waals surface area contributed by atoms with Gasteiger partial charge in [0.25, 0.3) is 0 Å². The van der Waals surface area contributed by atoms with Crippen LogP contribution >= 0.6 is 0 Å². The summed E-state index contributed by atoms with van der Waals surface area (Å²) in [4.78, 5) is 24.7. The van der Waals surface area contributed by atoms with Crippen LogP contribution in [0.5, 0.6) is 0 Å². The molecule has 0 aliphatic heterocycles. The molecule has 0 bridgehead atoms. The minimum absolute atomic E-state index is 0.0201. The van der Waals surface area contributed by atoms with Crippen molar-refractivity contribution in [2.75, 3.05) is 11.4 Å². The number of carbonyl (C=O) groups excluding carboxylic acids is 2. The van der Waals surface area contributed by atoms with E-state index in [0.717, 1.165) is 0 Å². The van der Waals surface area contributed by atoms with E-state index in [1.807, 2.05) is 19.9 Å². The van der Waals surface area contributed by atoms with Crippen LogP contribution < -0.4 is 10.2 Å². The molecule has 0 aromatic heterocycles. The molecule has 1 aromatic carbocycles. The lowest BCUT2D eigenvalue weighted by molar-refractivity contribution is -0.123. The number of benzene rings is 1. The van der Waals surface area contributed by atoms with Gasteiger partial charge in [-0.15, -0.1) is 0 Å². The lowest BCUT2D eigenvalue weighted by atomic mass is 10.2. The van der Waals surface area contributed by atoms with E-state index in [-0.39, 0.29) is 24.4 Å². The predicted molar refractivity (Wildman–Crippen MR) is 72.5 cm³/mol. The van der Waals surface area contributed by atoms with E-state index in [2.05, 4.69) is 5.32 Å². The van der Waals surface area contributed by atoms with Gasteiger partial charge in [-0.1, -0.05) is 6.07 Å². The second-order valence-corrected chi connectivity index (χ2v) is 4.49. The molecule has 1 N–H and O–H groups in total. The fraction of sp³-hybridized carbons (Fsp3) is 0.357. The summed E-state index contributed by atoms with van der Waals surface area (Å²) < 4.78 is 0. The maximum Gasteiger partial charge on any atom is 0.240 e. The highest BCUT2D eigenvalue weighted by atomic mass is 16.2. The van der Waals surface area contributed by atoms with Crippen LogP contribution in [0.4, 0.5) is 5.69 Å². The van der Waals surface area contributed by atoms with Crippen LogP contribution in [0, 0.1) is 11.3 Å². The Balaban J connectivity index is 2.92. The highest BCUT2D eigenvalue weighted by Gasteiger charge is 2.16. The second kappa shape index (κ2) is 6.55. The highest BCUT2D eigenvalue weighted by molar-refractivity contribution is 5.97. The Morgan fingerprint density at radius 2 is 2.11 bits per heavy atom. The number of hydrogen-bond donors (Lipinski definition) is 1. The van der Waals surface area contributed by atoms with Crippen molar-refractivity contribution >= 4 is 17.5 Å². The molecule has 5 heteroatoms. The third kappa shape index (κ3) is 4.43. The molecule has 100 valence electrons. The SMILES string of the molecule is CC(=O)N(CC(=O)NC(C)C)c1cccc(C#N)c1. The lowest BCUT2D eigenvalue weighted by Crippen LogP contribution is -2.42. The van der Waals surface area contributed by atoms with E-state index < -0.39 is 0 Å². The van der Waals surface area contributed by atoms with E-state index in [4.69, 9.17) is 5.26 Å². The van der Waals surface area contributed by atoms with Gasteiger partial charge < -0.3 is 10.2 Å². The van der Waals surface area contributed by atoms with Crippen LogP contribution in [-0.2, 0) is 9.59 Å². The van der Waals surface area contributed by atoms with Gasteiger partial charge in [-0.3, -0.25) is 9.59 Å². The molecule has 0 aliphatic rings. The predicted octanol–water partition coefficient (Wildman–Crippen LogP) is 1.44. The van der Waals surface area contributed by atoms with Crippen molar-refractivity contribution in [3.63, 3.8) is 0 Å². The second-order valence-electron chi connectivity index (χ2n) is 4.49.